The molecule has 2 aromatic carbocycles. The average molecular weight is 396 g/mol. The zero-order valence-electron chi connectivity index (χ0n) is 15.5. The number of nitrogens with one attached hydrogen (secondary N) is 2. The SMILES string of the molecule is Cc1[nH]c(S[C@@H](C)C(=O)Nc2cccc([N+](=O)[O-])c2)nc1Cc1ccccc1. The molecule has 2 N–H and O–H groups in total. The molecule has 1 aromatic heterocycles. The standard InChI is InChI=1S/C20H20N4O3S/c1-13-18(11-15-7-4-3-5-8-15)23-20(21-13)28-14(2)19(25)22-16-9-6-10-17(12-16)24(26)27/h3-10,12,14H,11H2,1-2H3,(H,21,23)(H,22,25)/t14-/m0/s1. The largest absolute Gasteiger partial charge is 0.337 e. The second-order valence-corrected chi connectivity index (χ2v) is 7.66. The number of amides is 1. The van der Waals surface area contributed by atoms with Gasteiger partial charge in [0.05, 0.1) is 15.9 Å². The van der Waals surface area contributed by atoms with Gasteiger partial charge in [-0.1, -0.05) is 48.2 Å². The Kier molecular flexibility index (Phi) is 6.10. The van der Waals surface area contributed by atoms with Crippen LogP contribution in [-0.2, 0) is 11.2 Å². The summed E-state index contributed by atoms with van der Waals surface area (Å²) in [7, 11) is 0. The van der Waals surface area contributed by atoms with Gasteiger partial charge in [0.15, 0.2) is 5.16 Å². The van der Waals surface area contributed by atoms with Gasteiger partial charge in [0, 0.05) is 29.9 Å². The molecule has 0 fully saturated rings. The van der Waals surface area contributed by atoms with Gasteiger partial charge in [0.2, 0.25) is 5.91 Å². The first-order chi connectivity index (χ1) is 13.4. The molecular weight excluding hydrogens is 376 g/mol. The van der Waals surface area contributed by atoms with Crippen LogP contribution in [0.3, 0.4) is 0 Å². The van der Waals surface area contributed by atoms with Crippen LogP contribution in [0.15, 0.2) is 59.8 Å². The Morgan fingerprint density at radius 3 is 2.71 bits per heavy atom. The van der Waals surface area contributed by atoms with Crippen LogP contribution in [0.1, 0.15) is 23.9 Å². The Morgan fingerprint density at radius 2 is 2.00 bits per heavy atom. The molecule has 8 heteroatoms. The molecule has 0 unspecified atom stereocenters. The molecule has 0 aliphatic heterocycles. The summed E-state index contributed by atoms with van der Waals surface area (Å²) in [6, 6.07) is 15.9. The van der Waals surface area contributed by atoms with E-state index in [4.69, 9.17) is 0 Å². The topological polar surface area (TPSA) is 101 Å². The van der Waals surface area contributed by atoms with Gasteiger partial charge in [0.1, 0.15) is 0 Å². The number of aromatic nitrogens is 2. The number of H-pyrrole nitrogens is 1. The molecule has 0 spiro atoms. The maximum Gasteiger partial charge on any atom is 0.271 e. The number of anilines is 1. The zero-order valence-corrected chi connectivity index (χ0v) is 16.3. The van der Waals surface area contributed by atoms with Crippen LogP contribution in [0.4, 0.5) is 11.4 Å². The quantitative estimate of drug-likeness (QED) is 0.351. The first-order valence-corrected chi connectivity index (χ1v) is 9.61. The molecule has 0 aliphatic carbocycles. The van der Waals surface area contributed by atoms with E-state index in [9.17, 15) is 14.9 Å². The van der Waals surface area contributed by atoms with Gasteiger partial charge in [0.25, 0.3) is 5.69 Å². The van der Waals surface area contributed by atoms with Crippen molar-refractivity contribution in [3.05, 3.63) is 81.7 Å². The van der Waals surface area contributed by atoms with Crippen LogP contribution in [0, 0.1) is 17.0 Å². The lowest BCUT2D eigenvalue weighted by molar-refractivity contribution is -0.384. The fraction of sp³-hybridized carbons (Fsp3) is 0.200. The predicted molar refractivity (Wildman–Crippen MR) is 110 cm³/mol. The Labute approximate surface area is 166 Å². The van der Waals surface area contributed by atoms with E-state index in [0.717, 1.165) is 17.8 Å². The van der Waals surface area contributed by atoms with Gasteiger partial charge in [-0.25, -0.2) is 4.98 Å². The molecule has 28 heavy (non-hydrogen) atoms. The Hall–Kier alpha value is -3.13. The van der Waals surface area contributed by atoms with Gasteiger partial charge in [-0.2, -0.15) is 0 Å². The van der Waals surface area contributed by atoms with E-state index in [0.29, 0.717) is 10.8 Å². The van der Waals surface area contributed by atoms with Crippen molar-refractivity contribution in [3.8, 4) is 0 Å². The number of hydrogen-bond donors (Lipinski definition) is 2. The van der Waals surface area contributed by atoms with Crippen molar-refractivity contribution in [1.29, 1.82) is 0 Å². The molecule has 3 rings (SSSR count). The van der Waals surface area contributed by atoms with Crippen molar-refractivity contribution in [2.75, 3.05) is 5.32 Å². The molecule has 1 heterocycles. The number of carbonyl (C=O) groups is 1. The van der Waals surface area contributed by atoms with Crippen molar-refractivity contribution < 1.29 is 9.72 Å². The van der Waals surface area contributed by atoms with Crippen LogP contribution in [0.2, 0.25) is 0 Å². The minimum Gasteiger partial charge on any atom is -0.337 e. The molecule has 0 saturated carbocycles. The third kappa shape index (κ3) is 4.98. The number of carbonyl (C=O) groups excluding carboxylic acids is 1. The molecule has 0 saturated heterocycles. The molecule has 0 radical (unpaired) electrons. The monoisotopic (exact) mass is 396 g/mol. The minimum absolute atomic E-state index is 0.0645. The highest BCUT2D eigenvalue weighted by Crippen LogP contribution is 2.25. The van der Waals surface area contributed by atoms with E-state index >= 15 is 0 Å². The highest BCUT2D eigenvalue weighted by atomic mass is 32.2. The number of thioether (sulfide) groups is 1. The second kappa shape index (κ2) is 8.71. The van der Waals surface area contributed by atoms with Crippen molar-refractivity contribution in [3.63, 3.8) is 0 Å². The molecule has 0 aliphatic rings. The maximum absolute atomic E-state index is 12.4. The normalized spacial score (nSPS) is 11.8. The molecule has 3 aromatic rings. The van der Waals surface area contributed by atoms with Gasteiger partial charge in [-0.3, -0.25) is 14.9 Å². The summed E-state index contributed by atoms with van der Waals surface area (Å²) in [5.74, 6) is -0.246. The van der Waals surface area contributed by atoms with E-state index in [2.05, 4.69) is 27.4 Å². The first-order valence-electron chi connectivity index (χ1n) is 8.74. The number of aryl methyl sites for hydroxylation is 1. The molecule has 7 nitrogen and oxygen atoms in total. The van der Waals surface area contributed by atoms with Gasteiger partial charge in [-0.15, -0.1) is 0 Å². The van der Waals surface area contributed by atoms with Crippen LogP contribution < -0.4 is 5.32 Å². The molecular formula is C20H20N4O3S. The smallest absolute Gasteiger partial charge is 0.271 e. The molecule has 1 amide bonds. The second-order valence-electron chi connectivity index (χ2n) is 6.33. The van der Waals surface area contributed by atoms with Crippen LogP contribution in [0.25, 0.3) is 0 Å². The maximum atomic E-state index is 12.4. The Morgan fingerprint density at radius 1 is 1.25 bits per heavy atom. The Balaban J connectivity index is 1.63. The number of nitro benzene ring substituents is 1. The highest BCUT2D eigenvalue weighted by Gasteiger charge is 2.18. The van der Waals surface area contributed by atoms with E-state index in [1.165, 1.54) is 35.5 Å². The fourth-order valence-corrected chi connectivity index (χ4v) is 3.52. The van der Waals surface area contributed by atoms with Crippen molar-refractivity contribution in [2.45, 2.75) is 30.7 Å². The highest BCUT2D eigenvalue weighted by molar-refractivity contribution is 8.00. The molecule has 1 atom stereocenters. The van der Waals surface area contributed by atoms with E-state index in [1.54, 1.807) is 13.0 Å². The third-order valence-corrected chi connectivity index (χ3v) is 5.14. The summed E-state index contributed by atoms with van der Waals surface area (Å²) in [6.07, 6.45) is 0.720. The summed E-state index contributed by atoms with van der Waals surface area (Å²) in [5, 5.41) is 13.8. The van der Waals surface area contributed by atoms with Crippen LogP contribution in [-0.4, -0.2) is 26.0 Å². The van der Waals surface area contributed by atoms with E-state index in [1.807, 2.05) is 25.1 Å². The number of imidazole rings is 1. The average Bonchev–Trinajstić information content (AvgIpc) is 3.01. The van der Waals surface area contributed by atoms with Crippen molar-refractivity contribution >= 4 is 29.0 Å². The number of benzene rings is 2. The third-order valence-electron chi connectivity index (χ3n) is 4.16. The zero-order chi connectivity index (χ0) is 20.1. The minimum atomic E-state index is -0.492. The summed E-state index contributed by atoms with van der Waals surface area (Å²) in [5.41, 5.74) is 3.42. The predicted octanol–water partition coefficient (Wildman–Crippen LogP) is 4.34. The van der Waals surface area contributed by atoms with Gasteiger partial charge in [-0.05, 0) is 25.5 Å². The summed E-state index contributed by atoms with van der Waals surface area (Å²) in [6.45, 7) is 3.73. The number of rotatable bonds is 7. The van der Waals surface area contributed by atoms with Crippen LogP contribution in [0.5, 0.6) is 0 Å². The van der Waals surface area contributed by atoms with Crippen molar-refractivity contribution in [2.24, 2.45) is 0 Å². The molecule has 0 bridgehead atoms. The number of nitro groups is 1. The number of nitrogens with zero attached hydrogens (tertiary/aromatic N) is 2. The van der Waals surface area contributed by atoms with E-state index < -0.39 is 10.2 Å². The number of aromatic amines is 1. The lowest BCUT2D eigenvalue weighted by atomic mass is 10.1. The summed E-state index contributed by atoms with van der Waals surface area (Å²) in [4.78, 5) is 30.6. The number of hydrogen-bond acceptors (Lipinski definition) is 5. The Bertz CT molecular complexity index is 988. The van der Waals surface area contributed by atoms with Crippen LogP contribution >= 0.6 is 11.8 Å². The van der Waals surface area contributed by atoms with E-state index in [-0.39, 0.29) is 11.6 Å². The molecule has 144 valence electrons. The van der Waals surface area contributed by atoms with Gasteiger partial charge < -0.3 is 10.3 Å². The number of non-ortho nitro benzene ring substituents is 1. The first kappa shape index (κ1) is 19.6. The lowest BCUT2D eigenvalue weighted by Crippen LogP contribution is -2.22. The van der Waals surface area contributed by atoms with Gasteiger partial charge >= 0.3 is 0 Å². The fourth-order valence-electron chi connectivity index (χ4n) is 2.65. The lowest BCUT2D eigenvalue weighted by Gasteiger charge is -2.10. The summed E-state index contributed by atoms with van der Waals surface area (Å²) >= 11 is 1.31. The van der Waals surface area contributed by atoms with Crippen molar-refractivity contribution in [1.82, 2.24) is 9.97 Å². The summed E-state index contributed by atoms with van der Waals surface area (Å²) < 4.78 is 0.